The summed E-state index contributed by atoms with van der Waals surface area (Å²) >= 11 is 0. The smallest absolute Gasteiger partial charge is 0.307 e. The molecule has 29 heavy (non-hydrogen) atoms. The Kier molecular flexibility index (Phi) is 5.90. The van der Waals surface area contributed by atoms with Crippen LogP contribution in [0.2, 0.25) is 0 Å². The van der Waals surface area contributed by atoms with Gasteiger partial charge in [0.25, 0.3) is 0 Å². The van der Waals surface area contributed by atoms with E-state index in [2.05, 4.69) is 20.5 Å². The molecule has 0 amide bonds. The van der Waals surface area contributed by atoms with E-state index in [1.54, 1.807) is 12.3 Å². The van der Waals surface area contributed by atoms with Crippen LogP contribution in [0.15, 0.2) is 42.7 Å². The van der Waals surface area contributed by atoms with E-state index in [4.69, 9.17) is 4.74 Å². The zero-order valence-corrected chi connectivity index (χ0v) is 16.7. The number of aromatic nitrogens is 2. The van der Waals surface area contributed by atoms with E-state index in [0.29, 0.717) is 19.6 Å². The van der Waals surface area contributed by atoms with Crippen molar-refractivity contribution in [1.29, 1.82) is 0 Å². The van der Waals surface area contributed by atoms with Crippen molar-refractivity contribution in [1.82, 2.24) is 14.5 Å². The number of hydrogen-bond acceptors (Lipinski definition) is 4. The molecule has 1 aromatic carbocycles. The number of pyridine rings is 1. The molecule has 4 rings (SSSR count). The van der Waals surface area contributed by atoms with E-state index in [9.17, 15) is 9.18 Å². The van der Waals surface area contributed by atoms with Gasteiger partial charge in [-0.25, -0.2) is 4.39 Å². The summed E-state index contributed by atoms with van der Waals surface area (Å²) in [5.74, 6) is -0.422. The maximum atomic E-state index is 14.0. The second-order valence-corrected chi connectivity index (χ2v) is 7.43. The molecule has 0 fully saturated rings. The predicted molar refractivity (Wildman–Crippen MR) is 110 cm³/mol. The molecule has 0 radical (unpaired) electrons. The lowest BCUT2D eigenvalue weighted by Gasteiger charge is -2.28. The number of halogens is 1. The topological polar surface area (TPSA) is 47.4 Å². The monoisotopic (exact) mass is 395 g/mol. The standard InChI is InChI=1S/C23H26FN3O2/c1-2-29-23(28)9-13-27-21-6-5-18(24)14-19(21)20-16-26(12-8-22(20)27)11-7-17-4-3-10-25-15-17/h3-6,10,14-15H,2,7-9,11-13,16H2,1H3. The lowest BCUT2D eigenvalue weighted by atomic mass is 10.0. The Balaban J connectivity index is 1.56. The highest BCUT2D eigenvalue weighted by molar-refractivity contribution is 5.86. The molecule has 3 heterocycles. The van der Waals surface area contributed by atoms with Crippen molar-refractivity contribution in [2.45, 2.75) is 39.3 Å². The number of carbonyl (C=O) groups excluding carboxylic acids is 1. The van der Waals surface area contributed by atoms with Gasteiger partial charge in [0.2, 0.25) is 0 Å². The predicted octanol–water partition coefficient (Wildman–Crippen LogP) is 3.73. The molecule has 1 aliphatic rings. The number of ether oxygens (including phenoxy) is 1. The van der Waals surface area contributed by atoms with Gasteiger partial charge in [0.05, 0.1) is 13.0 Å². The Bertz CT molecular complexity index is 1000. The molecule has 5 nitrogen and oxygen atoms in total. The van der Waals surface area contributed by atoms with Crippen LogP contribution in [-0.2, 0) is 35.5 Å². The average Bonchev–Trinajstić information content (AvgIpc) is 3.04. The first kappa shape index (κ1) is 19.6. The van der Waals surface area contributed by atoms with Crippen LogP contribution in [0.5, 0.6) is 0 Å². The first-order valence-corrected chi connectivity index (χ1v) is 10.2. The molecule has 0 atom stereocenters. The van der Waals surface area contributed by atoms with E-state index < -0.39 is 0 Å². The molecule has 0 N–H and O–H groups in total. The van der Waals surface area contributed by atoms with Crippen molar-refractivity contribution >= 4 is 16.9 Å². The molecule has 0 saturated heterocycles. The van der Waals surface area contributed by atoms with E-state index in [1.165, 1.54) is 22.9 Å². The van der Waals surface area contributed by atoms with Gasteiger partial charge < -0.3 is 9.30 Å². The van der Waals surface area contributed by atoms with Crippen LogP contribution < -0.4 is 0 Å². The Morgan fingerprint density at radius 2 is 2.17 bits per heavy atom. The van der Waals surface area contributed by atoms with Crippen LogP contribution in [0.1, 0.15) is 30.2 Å². The lowest BCUT2D eigenvalue weighted by Crippen LogP contribution is -2.32. The number of nitrogens with zero attached hydrogens (tertiary/aromatic N) is 3. The van der Waals surface area contributed by atoms with Gasteiger partial charge in [0.1, 0.15) is 5.82 Å². The molecular weight excluding hydrogens is 369 g/mol. The Hall–Kier alpha value is -2.73. The molecule has 0 aliphatic carbocycles. The first-order chi connectivity index (χ1) is 14.2. The fourth-order valence-corrected chi connectivity index (χ4v) is 4.19. The first-order valence-electron chi connectivity index (χ1n) is 10.2. The van der Waals surface area contributed by atoms with E-state index in [0.717, 1.165) is 43.4 Å². The summed E-state index contributed by atoms with van der Waals surface area (Å²) in [5, 5.41) is 0.954. The number of carbonyl (C=O) groups is 1. The minimum absolute atomic E-state index is 0.195. The Labute approximate surface area is 170 Å². The summed E-state index contributed by atoms with van der Waals surface area (Å²) in [6.07, 6.45) is 5.86. The van der Waals surface area contributed by atoms with Gasteiger partial charge in [-0.2, -0.15) is 0 Å². The average molecular weight is 395 g/mol. The van der Waals surface area contributed by atoms with Gasteiger partial charge >= 0.3 is 5.97 Å². The summed E-state index contributed by atoms with van der Waals surface area (Å²) < 4.78 is 21.3. The second-order valence-electron chi connectivity index (χ2n) is 7.43. The van der Waals surface area contributed by atoms with Crippen LogP contribution in [0, 0.1) is 5.82 Å². The molecule has 2 aromatic heterocycles. The van der Waals surface area contributed by atoms with Crippen molar-refractivity contribution < 1.29 is 13.9 Å². The van der Waals surface area contributed by atoms with Crippen LogP contribution in [-0.4, -0.2) is 40.1 Å². The number of esters is 1. The van der Waals surface area contributed by atoms with E-state index in [-0.39, 0.29) is 11.8 Å². The maximum Gasteiger partial charge on any atom is 0.307 e. The molecule has 152 valence electrons. The summed E-state index contributed by atoms with van der Waals surface area (Å²) in [4.78, 5) is 18.5. The number of rotatable bonds is 7. The number of fused-ring (bicyclic) bond motifs is 3. The fraction of sp³-hybridized carbons (Fsp3) is 0.391. The normalized spacial score (nSPS) is 14.1. The molecule has 1 aliphatic heterocycles. The van der Waals surface area contributed by atoms with Crippen LogP contribution in [0.25, 0.3) is 10.9 Å². The van der Waals surface area contributed by atoms with E-state index >= 15 is 0 Å². The third-order valence-corrected chi connectivity index (χ3v) is 5.58. The van der Waals surface area contributed by atoms with Crippen LogP contribution in [0.3, 0.4) is 0 Å². The zero-order valence-electron chi connectivity index (χ0n) is 16.7. The van der Waals surface area contributed by atoms with Gasteiger partial charge in [-0.15, -0.1) is 0 Å². The lowest BCUT2D eigenvalue weighted by molar-refractivity contribution is -0.143. The zero-order chi connectivity index (χ0) is 20.2. The third-order valence-electron chi connectivity index (χ3n) is 5.58. The summed E-state index contributed by atoms with van der Waals surface area (Å²) in [5.41, 5.74) is 4.62. The molecular formula is C23H26FN3O2. The summed E-state index contributed by atoms with van der Waals surface area (Å²) in [6.45, 7) is 5.45. The highest BCUT2D eigenvalue weighted by atomic mass is 19.1. The molecule has 3 aromatic rings. The van der Waals surface area contributed by atoms with Gasteiger partial charge in [0, 0.05) is 61.6 Å². The number of aryl methyl sites for hydroxylation is 1. The van der Waals surface area contributed by atoms with Crippen molar-refractivity contribution in [3.8, 4) is 0 Å². The van der Waals surface area contributed by atoms with Crippen molar-refractivity contribution in [2.75, 3.05) is 19.7 Å². The molecule has 0 bridgehead atoms. The van der Waals surface area contributed by atoms with Crippen molar-refractivity contribution in [2.24, 2.45) is 0 Å². The highest BCUT2D eigenvalue weighted by Crippen LogP contribution is 2.32. The fourth-order valence-electron chi connectivity index (χ4n) is 4.19. The van der Waals surface area contributed by atoms with Gasteiger partial charge in [0.15, 0.2) is 0 Å². The third kappa shape index (κ3) is 4.32. The van der Waals surface area contributed by atoms with Crippen LogP contribution >= 0.6 is 0 Å². The van der Waals surface area contributed by atoms with Gasteiger partial charge in [-0.3, -0.25) is 14.7 Å². The largest absolute Gasteiger partial charge is 0.466 e. The molecule has 6 heteroatoms. The Morgan fingerprint density at radius 3 is 2.97 bits per heavy atom. The quantitative estimate of drug-likeness (QED) is 0.572. The van der Waals surface area contributed by atoms with Gasteiger partial charge in [-0.1, -0.05) is 6.07 Å². The van der Waals surface area contributed by atoms with Crippen molar-refractivity contribution in [3.63, 3.8) is 0 Å². The minimum atomic E-state index is -0.227. The maximum absolute atomic E-state index is 14.0. The Morgan fingerprint density at radius 1 is 1.28 bits per heavy atom. The van der Waals surface area contributed by atoms with E-state index in [1.807, 2.05) is 25.3 Å². The highest BCUT2D eigenvalue weighted by Gasteiger charge is 2.24. The number of hydrogen-bond donors (Lipinski definition) is 0. The molecule has 0 saturated carbocycles. The molecule has 0 spiro atoms. The minimum Gasteiger partial charge on any atom is -0.466 e. The summed E-state index contributed by atoms with van der Waals surface area (Å²) in [7, 11) is 0. The van der Waals surface area contributed by atoms with Crippen molar-refractivity contribution in [3.05, 3.63) is 65.4 Å². The van der Waals surface area contributed by atoms with Crippen LogP contribution in [0.4, 0.5) is 4.39 Å². The van der Waals surface area contributed by atoms with Gasteiger partial charge in [-0.05, 0) is 48.7 Å². The SMILES string of the molecule is CCOC(=O)CCn1c2c(c3cc(F)ccc31)CN(CCc1cccnc1)CC2. The summed E-state index contributed by atoms with van der Waals surface area (Å²) in [6, 6.07) is 9.01. The number of benzene rings is 1. The second kappa shape index (κ2) is 8.74. The molecule has 0 unspecified atom stereocenters.